The number of hydrogen-bond donors (Lipinski definition) is 2. The summed E-state index contributed by atoms with van der Waals surface area (Å²) >= 11 is 1.68. The maximum Gasteiger partial charge on any atom is 0.410 e. The van der Waals surface area contributed by atoms with E-state index in [1.807, 2.05) is 12.1 Å². The van der Waals surface area contributed by atoms with Crippen LogP contribution in [-0.4, -0.2) is 65.0 Å². The van der Waals surface area contributed by atoms with Gasteiger partial charge in [-0.2, -0.15) is 0 Å². The number of methoxy groups -OCH3 is 1. The second-order valence-corrected chi connectivity index (χ2v) is 18.5. The van der Waals surface area contributed by atoms with Gasteiger partial charge in [-0.1, -0.05) is 64.0 Å². The first kappa shape index (κ1) is 41.2. The lowest BCUT2D eigenvalue weighted by Crippen LogP contribution is -2.54. The van der Waals surface area contributed by atoms with Crippen LogP contribution in [0.1, 0.15) is 130 Å². The molecule has 7 atom stereocenters. The first-order chi connectivity index (χ1) is 26.3. The number of allylic oxidation sites excluding steroid dienone is 2. The van der Waals surface area contributed by atoms with Gasteiger partial charge in [-0.05, 0) is 148 Å². The van der Waals surface area contributed by atoms with E-state index in [9.17, 15) is 19.8 Å². The van der Waals surface area contributed by atoms with Gasteiger partial charge in [0.25, 0.3) is 0 Å². The molecule has 4 aliphatic carbocycles. The second kappa shape index (κ2) is 17.8. The average molecular weight is 770 g/mol. The molecule has 7 nitrogen and oxygen atoms in total. The molecular weight excluding hydrogens is 707 g/mol. The zero-order valence-corrected chi connectivity index (χ0v) is 34.7. The SMILES string of the molecule is COc1ccc(C(=O)c2cc3ccc2[C@@H]2CC[C@@](O)(CN(CCc4cccs4)C(=O)O[C@H]4C[C@@H](C)CC[C@@H]4C(C)C)[C@@]2(C)CCC=C(C)CC[C@H](O)C3)cc1. The predicted molar refractivity (Wildman–Crippen MR) is 221 cm³/mol. The number of thiophene rings is 1. The van der Waals surface area contributed by atoms with E-state index in [1.165, 1.54) is 10.5 Å². The normalized spacial score (nSPS) is 28.6. The highest BCUT2D eigenvalue weighted by atomic mass is 32.1. The predicted octanol–water partition coefficient (Wildman–Crippen LogP) is 10.2. The summed E-state index contributed by atoms with van der Waals surface area (Å²) in [4.78, 5) is 31.9. The Morgan fingerprint density at radius 3 is 2.53 bits per heavy atom. The molecule has 0 radical (unpaired) electrons. The molecule has 2 N–H and O–H groups in total. The van der Waals surface area contributed by atoms with Gasteiger partial charge in [0.1, 0.15) is 11.9 Å². The summed E-state index contributed by atoms with van der Waals surface area (Å²) in [5, 5.41) is 26.3. The smallest absolute Gasteiger partial charge is 0.410 e. The Hall–Kier alpha value is -3.46. The van der Waals surface area contributed by atoms with E-state index in [0.717, 1.165) is 43.2 Å². The number of carbonyl (C=O) groups is 2. The van der Waals surface area contributed by atoms with Crippen LogP contribution in [0.3, 0.4) is 0 Å². The molecule has 4 aliphatic rings. The molecule has 55 heavy (non-hydrogen) atoms. The van der Waals surface area contributed by atoms with E-state index < -0.39 is 17.1 Å². The molecule has 2 bridgehead atoms. The molecule has 0 spiro atoms. The van der Waals surface area contributed by atoms with Crippen molar-refractivity contribution in [2.75, 3.05) is 20.2 Å². The van der Waals surface area contributed by atoms with Gasteiger partial charge in [0.05, 0.1) is 25.4 Å². The van der Waals surface area contributed by atoms with Crippen LogP contribution in [0.5, 0.6) is 5.75 Å². The molecule has 2 saturated carbocycles. The molecule has 3 aromatic rings. The lowest BCUT2D eigenvalue weighted by Gasteiger charge is -2.46. The summed E-state index contributed by atoms with van der Waals surface area (Å²) in [6.07, 6.45) is 9.46. The average Bonchev–Trinajstić information content (AvgIpc) is 3.77. The van der Waals surface area contributed by atoms with Crippen molar-refractivity contribution in [1.29, 1.82) is 0 Å². The fourth-order valence-electron chi connectivity index (χ4n) is 9.80. The number of fused-ring (bicyclic) bond motifs is 8. The molecule has 2 fully saturated rings. The van der Waals surface area contributed by atoms with Crippen molar-refractivity contribution in [2.45, 2.75) is 129 Å². The Kier molecular flexibility index (Phi) is 13.3. The minimum Gasteiger partial charge on any atom is -0.497 e. The molecule has 0 aliphatic heterocycles. The maximum atomic E-state index is 14.5. The summed E-state index contributed by atoms with van der Waals surface area (Å²) in [7, 11) is 1.61. The fraction of sp³-hybridized carbons (Fsp3) is 0.574. The Morgan fingerprint density at radius 1 is 1.04 bits per heavy atom. The van der Waals surface area contributed by atoms with Crippen LogP contribution in [-0.2, 0) is 17.6 Å². The minimum absolute atomic E-state index is 0.0859. The van der Waals surface area contributed by atoms with Crippen molar-refractivity contribution in [3.8, 4) is 5.75 Å². The Balaban J connectivity index is 1.38. The number of carbonyl (C=O) groups excluding carboxylic acids is 2. The number of ketones is 1. The second-order valence-electron chi connectivity index (χ2n) is 17.5. The molecule has 7 rings (SSSR count). The quantitative estimate of drug-likeness (QED) is 0.158. The third-order valence-corrected chi connectivity index (χ3v) is 14.3. The summed E-state index contributed by atoms with van der Waals surface area (Å²) in [5.74, 6) is 1.67. The molecule has 1 aromatic heterocycles. The number of ether oxygens (including phenoxy) is 2. The topological polar surface area (TPSA) is 96.3 Å². The summed E-state index contributed by atoms with van der Waals surface area (Å²) < 4.78 is 11.9. The zero-order valence-electron chi connectivity index (χ0n) is 33.9. The van der Waals surface area contributed by atoms with Crippen LogP contribution in [0.25, 0.3) is 0 Å². The van der Waals surface area contributed by atoms with Gasteiger partial charge in [0.2, 0.25) is 0 Å². The van der Waals surface area contributed by atoms with Crippen LogP contribution in [0.4, 0.5) is 4.79 Å². The summed E-state index contributed by atoms with van der Waals surface area (Å²) in [5.41, 5.74) is 2.32. The van der Waals surface area contributed by atoms with Crippen LogP contribution < -0.4 is 4.74 Å². The molecule has 0 unspecified atom stereocenters. The van der Waals surface area contributed by atoms with Gasteiger partial charge in [-0.25, -0.2) is 4.79 Å². The van der Waals surface area contributed by atoms with E-state index in [2.05, 4.69) is 64.3 Å². The van der Waals surface area contributed by atoms with Crippen LogP contribution in [0.15, 0.2) is 71.6 Å². The minimum atomic E-state index is -1.24. The van der Waals surface area contributed by atoms with E-state index >= 15 is 0 Å². The van der Waals surface area contributed by atoms with Crippen LogP contribution in [0.2, 0.25) is 0 Å². The molecule has 2 aromatic carbocycles. The van der Waals surface area contributed by atoms with Gasteiger partial charge < -0.3 is 24.6 Å². The van der Waals surface area contributed by atoms with Crippen molar-refractivity contribution in [1.82, 2.24) is 4.90 Å². The third-order valence-electron chi connectivity index (χ3n) is 13.4. The van der Waals surface area contributed by atoms with Crippen molar-refractivity contribution in [2.24, 2.45) is 23.2 Å². The Morgan fingerprint density at radius 2 is 1.82 bits per heavy atom. The lowest BCUT2D eigenvalue weighted by atomic mass is 9.64. The first-order valence-electron chi connectivity index (χ1n) is 20.7. The number of aliphatic hydroxyl groups excluding tert-OH is 1. The van der Waals surface area contributed by atoms with Gasteiger partial charge in [-0.15, -0.1) is 11.3 Å². The van der Waals surface area contributed by atoms with E-state index in [1.54, 1.807) is 47.6 Å². The van der Waals surface area contributed by atoms with Crippen LogP contribution >= 0.6 is 11.3 Å². The summed E-state index contributed by atoms with van der Waals surface area (Å²) in [6.45, 7) is 11.6. The van der Waals surface area contributed by atoms with E-state index in [4.69, 9.17) is 9.47 Å². The highest BCUT2D eigenvalue weighted by molar-refractivity contribution is 7.09. The standard InChI is InChI=1S/C47H63NO6S/c1-31(2)39-19-12-33(4)27-43(39)54-45(51)48(25-22-38-10-8-26-55-38)30-47(52)24-21-42-40-20-13-34(28-36(49)16-11-32(3)9-7-23-46(42,47)5)29-41(40)44(50)35-14-17-37(53-6)18-15-35/h8-10,13-15,17-18,20,26,29,31,33,36,39,42-43,49,52H,7,11-12,16,19,21-25,27-28,30H2,1-6H3/t33-,36-,39+,42-,43-,46-,47+/m0/s1. The number of aliphatic hydroxyl groups is 2. The number of hydrogen-bond acceptors (Lipinski definition) is 7. The number of rotatable bonds is 10. The number of nitrogens with zero attached hydrogens (tertiary/aromatic N) is 1. The highest BCUT2D eigenvalue weighted by Crippen LogP contribution is 2.59. The highest BCUT2D eigenvalue weighted by Gasteiger charge is 2.58. The zero-order chi connectivity index (χ0) is 39.3. The van der Waals surface area contributed by atoms with Gasteiger partial charge in [0, 0.05) is 28.0 Å². The monoisotopic (exact) mass is 769 g/mol. The maximum absolute atomic E-state index is 14.5. The van der Waals surface area contributed by atoms with Crippen LogP contribution in [0, 0.1) is 23.2 Å². The number of amides is 1. The largest absolute Gasteiger partial charge is 0.497 e. The molecule has 1 heterocycles. The third kappa shape index (κ3) is 9.40. The molecule has 8 heteroatoms. The molecular formula is C47H63NO6S. The van der Waals surface area contributed by atoms with E-state index in [-0.39, 0.29) is 30.4 Å². The summed E-state index contributed by atoms with van der Waals surface area (Å²) in [6, 6.07) is 17.4. The van der Waals surface area contributed by atoms with Gasteiger partial charge in [-0.3, -0.25) is 4.79 Å². The van der Waals surface area contributed by atoms with Crippen molar-refractivity contribution < 1.29 is 29.3 Å². The fourth-order valence-corrected chi connectivity index (χ4v) is 10.5. The van der Waals surface area contributed by atoms with Crippen molar-refractivity contribution in [3.05, 3.63) is 98.8 Å². The Labute approximate surface area is 333 Å². The van der Waals surface area contributed by atoms with Crippen molar-refractivity contribution >= 4 is 23.2 Å². The lowest BCUT2D eigenvalue weighted by molar-refractivity contribution is -0.0861. The van der Waals surface area contributed by atoms with Gasteiger partial charge >= 0.3 is 6.09 Å². The Bertz CT molecular complexity index is 1780. The van der Waals surface area contributed by atoms with E-state index in [0.29, 0.717) is 79.7 Å². The molecule has 0 saturated heterocycles. The number of benzene rings is 2. The van der Waals surface area contributed by atoms with Gasteiger partial charge in [0.15, 0.2) is 5.78 Å². The molecule has 298 valence electrons. The molecule has 1 amide bonds. The van der Waals surface area contributed by atoms with Crippen molar-refractivity contribution in [3.63, 3.8) is 0 Å². The first-order valence-corrected chi connectivity index (χ1v) is 21.5.